The summed E-state index contributed by atoms with van der Waals surface area (Å²) in [7, 11) is 0. The fraction of sp³-hybridized carbons (Fsp3) is 0.286. The molecule has 4 atom stereocenters. The van der Waals surface area contributed by atoms with Gasteiger partial charge in [0.05, 0.1) is 29.7 Å². The molecule has 0 N–H and O–H groups in total. The number of carbonyl (C=O) groups excluding carboxylic acids is 2. The first-order valence-electron chi connectivity index (χ1n) is 6.14. The molecule has 2 bridgehead atoms. The van der Waals surface area contributed by atoms with Gasteiger partial charge in [-0.3, -0.25) is 9.59 Å². The topological polar surface area (TPSA) is 46.6 Å². The van der Waals surface area contributed by atoms with Crippen molar-refractivity contribution in [1.82, 2.24) is 0 Å². The van der Waals surface area contributed by atoms with Crippen LogP contribution in [0.2, 0.25) is 0 Å². The van der Waals surface area contributed by atoms with E-state index < -0.39 is 17.7 Å². The predicted molar refractivity (Wildman–Crippen MR) is 63.7 cm³/mol. The Bertz CT molecular complexity index is 597. The second-order valence-electron chi connectivity index (χ2n) is 4.97. The molecule has 3 heterocycles. The van der Waals surface area contributed by atoms with Crippen LogP contribution in [0.25, 0.3) is 0 Å². The maximum absolute atomic E-state index is 13.8. The van der Waals surface area contributed by atoms with Crippen molar-refractivity contribution in [2.24, 2.45) is 11.8 Å². The molecule has 4 rings (SSSR count). The van der Waals surface area contributed by atoms with Crippen LogP contribution in [0, 0.1) is 17.7 Å². The highest BCUT2D eigenvalue weighted by Gasteiger charge is 2.61. The van der Waals surface area contributed by atoms with Gasteiger partial charge >= 0.3 is 0 Å². The van der Waals surface area contributed by atoms with E-state index in [-0.39, 0.29) is 29.7 Å². The van der Waals surface area contributed by atoms with E-state index in [1.54, 1.807) is 6.07 Å². The van der Waals surface area contributed by atoms with Gasteiger partial charge in [-0.2, -0.15) is 0 Å². The number of ether oxygens (including phenoxy) is 1. The number of amides is 2. The molecule has 1 aromatic carbocycles. The lowest BCUT2D eigenvalue weighted by atomic mass is 9.85. The molecule has 4 unspecified atom stereocenters. The highest BCUT2D eigenvalue weighted by atomic mass is 19.1. The summed E-state index contributed by atoms with van der Waals surface area (Å²) >= 11 is 0. The normalized spacial score (nSPS) is 35.3. The Morgan fingerprint density at radius 3 is 2.16 bits per heavy atom. The summed E-state index contributed by atoms with van der Waals surface area (Å²) in [6.45, 7) is 0. The van der Waals surface area contributed by atoms with Gasteiger partial charge in [0.1, 0.15) is 5.82 Å². The number of benzene rings is 1. The highest BCUT2D eigenvalue weighted by molar-refractivity contribution is 6.23. The first-order chi connectivity index (χ1) is 9.18. The number of hydrogen-bond acceptors (Lipinski definition) is 3. The minimum Gasteiger partial charge on any atom is -0.365 e. The molecule has 2 saturated heterocycles. The summed E-state index contributed by atoms with van der Waals surface area (Å²) in [5.74, 6) is -2.29. The van der Waals surface area contributed by atoms with Crippen molar-refractivity contribution >= 4 is 17.5 Å². The first kappa shape index (κ1) is 10.9. The predicted octanol–water partition coefficient (Wildman–Crippen LogP) is 1.27. The Balaban J connectivity index is 1.79. The van der Waals surface area contributed by atoms with Gasteiger partial charge in [-0.15, -0.1) is 0 Å². The number of rotatable bonds is 1. The smallest absolute Gasteiger partial charge is 0.240 e. The quantitative estimate of drug-likeness (QED) is 0.563. The Morgan fingerprint density at radius 1 is 1.00 bits per heavy atom. The molecule has 0 saturated carbocycles. The maximum atomic E-state index is 13.8. The van der Waals surface area contributed by atoms with Gasteiger partial charge < -0.3 is 4.74 Å². The molecule has 19 heavy (non-hydrogen) atoms. The summed E-state index contributed by atoms with van der Waals surface area (Å²) in [6, 6.07) is 5.82. The Kier molecular flexibility index (Phi) is 2.01. The molecule has 96 valence electrons. The average molecular weight is 259 g/mol. The molecule has 0 aromatic heterocycles. The molecule has 3 aliphatic heterocycles. The summed E-state index contributed by atoms with van der Waals surface area (Å²) in [6.07, 6.45) is 2.93. The van der Waals surface area contributed by atoms with Gasteiger partial charge in [-0.25, -0.2) is 9.29 Å². The largest absolute Gasteiger partial charge is 0.365 e. The van der Waals surface area contributed by atoms with Crippen molar-refractivity contribution in [3.63, 3.8) is 0 Å². The van der Waals surface area contributed by atoms with E-state index in [1.165, 1.54) is 18.2 Å². The van der Waals surface area contributed by atoms with E-state index in [1.807, 2.05) is 12.2 Å². The van der Waals surface area contributed by atoms with Crippen LogP contribution in [0.3, 0.4) is 0 Å². The molecular weight excluding hydrogens is 249 g/mol. The van der Waals surface area contributed by atoms with Crippen molar-refractivity contribution < 1.29 is 18.7 Å². The van der Waals surface area contributed by atoms with Gasteiger partial charge in [0.15, 0.2) is 0 Å². The summed E-state index contributed by atoms with van der Waals surface area (Å²) in [4.78, 5) is 25.7. The lowest BCUT2D eigenvalue weighted by Crippen LogP contribution is -2.35. The molecule has 2 fully saturated rings. The monoisotopic (exact) mass is 259 g/mol. The lowest BCUT2D eigenvalue weighted by molar-refractivity contribution is -0.124. The third kappa shape index (κ3) is 1.25. The first-order valence-corrected chi connectivity index (χ1v) is 6.14. The molecule has 0 radical (unpaired) electrons. The SMILES string of the molecule is O=C1C2C3C=CC(O3)C2C(=O)N1c1ccccc1F. The molecule has 2 amide bonds. The number of nitrogens with zero attached hydrogens (tertiary/aromatic N) is 1. The Labute approximate surface area is 108 Å². The van der Waals surface area contributed by atoms with E-state index in [9.17, 15) is 14.0 Å². The number of anilines is 1. The zero-order valence-corrected chi connectivity index (χ0v) is 9.82. The van der Waals surface area contributed by atoms with Gasteiger partial charge in [0.25, 0.3) is 0 Å². The van der Waals surface area contributed by atoms with Crippen molar-refractivity contribution in [2.45, 2.75) is 12.2 Å². The van der Waals surface area contributed by atoms with Gasteiger partial charge in [0, 0.05) is 0 Å². The van der Waals surface area contributed by atoms with Crippen LogP contribution in [0.5, 0.6) is 0 Å². The van der Waals surface area contributed by atoms with Gasteiger partial charge in [-0.1, -0.05) is 24.3 Å². The number of carbonyl (C=O) groups is 2. The fourth-order valence-electron chi connectivity index (χ4n) is 3.17. The van der Waals surface area contributed by atoms with E-state index in [0.29, 0.717) is 0 Å². The zero-order chi connectivity index (χ0) is 13.1. The standard InChI is InChI=1S/C14H10FNO3/c15-7-3-1-2-4-8(7)16-13(17)11-9-5-6-10(19-9)12(11)14(16)18/h1-6,9-12H. The van der Waals surface area contributed by atoms with Crippen LogP contribution in [0.1, 0.15) is 0 Å². The van der Waals surface area contributed by atoms with E-state index in [2.05, 4.69) is 0 Å². The third-order valence-electron chi connectivity index (χ3n) is 4.00. The Morgan fingerprint density at radius 2 is 1.58 bits per heavy atom. The molecule has 4 nitrogen and oxygen atoms in total. The van der Waals surface area contributed by atoms with Crippen LogP contribution >= 0.6 is 0 Å². The summed E-state index contributed by atoms with van der Waals surface area (Å²) < 4.78 is 19.3. The molecule has 0 spiro atoms. The number of para-hydroxylation sites is 1. The van der Waals surface area contributed by atoms with E-state index in [4.69, 9.17) is 4.74 Å². The maximum Gasteiger partial charge on any atom is 0.240 e. The number of fused-ring (bicyclic) bond motifs is 5. The molecule has 3 aliphatic rings. The fourth-order valence-corrected chi connectivity index (χ4v) is 3.17. The second-order valence-corrected chi connectivity index (χ2v) is 4.97. The Hall–Kier alpha value is -2.01. The molecule has 1 aromatic rings. The average Bonchev–Trinajstić information content (AvgIpc) is 3.06. The number of imide groups is 1. The minimum atomic E-state index is -0.564. The number of hydrogen-bond donors (Lipinski definition) is 0. The molecular formula is C14H10FNO3. The summed E-state index contributed by atoms with van der Waals surface area (Å²) in [5.41, 5.74) is 0.0336. The van der Waals surface area contributed by atoms with Crippen LogP contribution in [-0.2, 0) is 14.3 Å². The van der Waals surface area contributed by atoms with E-state index >= 15 is 0 Å². The van der Waals surface area contributed by atoms with Crippen LogP contribution in [-0.4, -0.2) is 24.0 Å². The van der Waals surface area contributed by atoms with Crippen molar-refractivity contribution in [3.05, 3.63) is 42.2 Å². The van der Waals surface area contributed by atoms with Crippen molar-refractivity contribution in [3.8, 4) is 0 Å². The van der Waals surface area contributed by atoms with Crippen molar-refractivity contribution in [2.75, 3.05) is 4.90 Å². The third-order valence-corrected chi connectivity index (χ3v) is 4.00. The second kappa shape index (κ2) is 3.51. The van der Waals surface area contributed by atoms with Crippen LogP contribution in [0.15, 0.2) is 36.4 Å². The molecule has 0 aliphatic carbocycles. The zero-order valence-electron chi connectivity index (χ0n) is 9.82. The van der Waals surface area contributed by atoms with Crippen LogP contribution < -0.4 is 4.90 Å². The minimum absolute atomic E-state index is 0.0336. The summed E-state index contributed by atoms with van der Waals surface area (Å²) in [5, 5.41) is 0. The van der Waals surface area contributed by atoms with Gasteiger partial charge in [-0.05, 0) is 12.1 Å². The molecule has 5 heteroatoms. The van der Waals surface area contributed by atoms with Crippen molar-refractivity contribution in [1.29, 1.82) is 0 Å². The lowest BCUT2D eigenvalue weighted by Gasteiger charge is -2.17. The highest BCUT2D eigenvalue weighted by Crippen LogP contribution is 2.46. The van der Waals surface area contributed by atoms with Crippen LogP contribution in [0.4, 0.5) is 10.1 Å². The van der Waals surface area contributed by atoms with Gasteiger partial charge in [0.2, 0.25) is 11.8 Å². The van der Waals surface area contributed by atoms with E-state index in [0.717, 1.165) is 4.90 Å². The number of halogens is 1.